The van der Waals surface area contributed by atoms with Gasteiger partial charge in [0, 0.05) is 17.6 Å². The Bertz CT molecular complexity index is 294. The molecule has 13 heavy (non-hydrogen) atoms. The molecule has 0 aliphatic rings. The minimum atomic E-state index is 0.848. The van der Waals surface area contributed by atoms with Crippen molar-refractivity contribution in [2.75, 3.05) is 6.54 Å². The summed E-state index contributed by atoms with van der Waals surface area (Å²) in [5.74, 6) is 0. The highest BCUT2D eigenvalue weighted by molar-refractivity contribution is 9.10. The lowest BCUT2D eigenvalue weighted by molar-refractivity contribution is 0.758. The van der Waals surface area contributed by atoms with Crippen LogP contribution in [0.15, 0.2) is 35.3 Å². The van der Waals surface area contributed by atoms with E-state index >= 15 is 0 Å². The second kappa shape index (κ2) is 5.20. The van der Waals surface area contributed by atoms with E-state index in [1.807, 2.05) is 6.08 Å². The van der Waals surface area contributed by atoms with Crippen molar-refractivity contribution in [1.82, 2.24) is 5.32 Å². The van der Waals surface area contributed by atoms with Gasteiger partial charge in [-0.25, -0.2) is 0 Å². The maximum Gasteiger partial charge on any atom is 0.0222 e. The fourth-order valence-corrected chi connectivity index (χ4v) is 1.74. The average molecular weight is 240 g/mol. The predicted molar refractivity (Wildman–Crippen MR) is 60.8 cm³/mol. The van der Waals surface area contributed by atoms with Gasteiger partial charge in [-0.2, -0.15) is 0 Å². The molecule has 0 spiro atoms. The van der Waals surface area contributed by atoms with E-state index in [2.05, 4.69) is 52.9 Å². The summed E-state index contributed by atoms with van der Waals surface area (Å²) in [6.45, 7) is 7.47. The molecule has 0 heterocycles. The Hall–Kier alpha value is -0.600. The smallest absolute Gasteiger partial charge is 0.0222 e. The van der Waals surface area contributed by atoms with Crippen LogP contribution in [0, 0.1) is 6.92 Å². The van der Waals surface area contributed by atoms with E-state index in [1.165, 1.54) is 15.6 Å². The standard InChI is InChI=1S/C11H14BrN/c1-3-6-13-8-10-5-4-9(2)7-11(10)12/h3-5,7,13H,1,6,8H2,2H3. The number of hydrogen-bond acceptors (Lipinski definition) is 1. The largest absolute Gasteiger partial charge is 0.309 e. The summed E-state index contributed by atoms with van der Waals surface area (Å²) in [6.07, 6.45) is 1.86. The molecule has 0 aliphatic heterocycles. The zero-order chi connectivity index (χ0) is 9.68. The highest BCUT2D eigenvalue weighted by atomic mass is 79.9. The lowest BCUT2D eigenvalue weighted by Crippen LogP contribution is -2.12. The summed E-state index contributed by atoms with van der Waals surface area (Å²) in [5, 5.41) is 3.26. The molecule has 2 heteroatoms. The first-order chi connectivity index (χ1) is 6.24. The van der Waals surface area contributed by atoms with E-state index in [0.717, 1.165) is 13.1 Å². The van der Waals surface area contributed by atoms with Crippen LogP contribution >= 0.6 is 15.9 Å². The second-order valence-corrected chi connectivity index (χ2v) is 3.87. The zero-order valence-corrected chi connectivity index (χ0v) is 9.39. The van der Waals surface area contributed by atoms with Crippen LogP contribution < -0.4 is 5.32 Å². The molecule has 0 bridgehead atoms. The first kappa shape index (κ1) is 10.5. The summed E-state index contributed by atoms with van der Waals surface area (Å²) < 4.78 is 1.17. The Morgan fingerprint density at radius 3 is 2.92 bits per heavy atom. The highest BCUT2D eigenvalue weighted by Crippen LogP contribution is 2.17. The first-order valence-electron chi connectivity index (χ1n) is 4.30. The van der Waals surface area contributed by atoms with Gasteiger partial charge in [-0.1, -0.05) is 34.1 Å². The predicted octanol–water partition coefficient (Wildman–Crippen LogP) is 3.03. The molecule has 1 N–H and O–H groups in total. The van der Waals surface area contributed by atoms with E-state index in [9.17, 15) is 0 Å². The fourth-order valence-electron chi connectivity index (χ4n) is 1.10. The van der Waals surface area contributed by atoms with Crippen LogP contribution in [0.3, 0.4) is 0 Å². The molecule has 0 aromatic heterocycles. The molecule has 1 rings (SSSR count). The molecule has 0 saturated carbocycles. The monoisotopic (exact) mass is 239 g/mol. The third kappa shape index (κ3) is 3.33. The van der Waals surface area contributed by atoms with Crippen LogP contribution in [0.4, 0.5) is 0 Å². The maximum absolute atomic E-state index is 3.65. The number of benzene rings is 1. The first-order valence-corrected chi connectivity index (χ1v) is 5.10. The minimum absolute atomic E-state index is 0.848. The van der Waals surface area contributed by atoms with Crippen LogP contribution in [-0.4, -0.2) is 6.54 Å². The molecule has 0 unspecified atom stereocenters. The molecule has 1 aromatic rings. The summed E-state index contributed by atoms with van der Waals surface area (Å²) in [5.41, 5.74) is 2.56. The topological polar surface area (TPSA) is 12.0 Å². The summed E-state index contributed by atoms with van der Waals surface area (Å²) in [4.78, 5) is 0. The quantitative estimate of drug-likeness (QED) is 0.630. The number of rotatable bonds is 4. The van der Waals surface area contributed by atoms with Gasteiger partial charge in [-0.15, -0.1) is 6.58 Å². The Morgan fingerprint density at radius 2 is 2.31 bits per heavy atom. The SMILES string of the molecule is C=CCNCc1ccc(C)cc1Br. The van der Waals surface area contributed by atoms with Gasteiger partial charge < -0.3 is 5.32 Å². The van der Waals surface area contributed by atoms with Crippen LogP contribution in [-0.2, 0) is 6.54 Å². The van der Waals surface area contributed by atoms with E-state index < -0.39 is 0 Å². The third-order valence-corrected chi connectivity index (χ3v) is 2.55. The molecule has 0 atom stereocenters. The summed E-state index contributed by atoms with van der Waals surface area (Å²) in [6, 6.07) is 6.39. The molecule has 0 amide bonds. The number of hydrogen-bond donors (Lipinski definition) is 1. The molecule has 70 valence electrons. The fraction of sp³-hybridized carbons (Fsp3) is 0.273. The Labute approximate surface area is 88.0 Å². The molecule has 0 fully saturated rings. The lowest BCUT2D eigenvalue weighted by atomic mass is 10.1. The van der Waals surface area contributed by atoms with Crippen LogP contribution in [0.25, 0.3) is 0 Å². The molecular weight excluding hydrogens is 226 g/mol. The van der Waals surface area contributed by atoms with Crippen molar-refractivity contribution in [2.45, 2.75) is 13.5 Å². The molecular formula is C11H14BrN. The normalized spacial score (nSPS) is 10.0. The Balaban J connectivity index is 2.61. The molecule has 0 radical (unpaired) electrons. The van der Waals surface area contributed by atoms with Gasteiger partial charge in [0.1, 0.15) is 0 Å². The van der Waals surface area contributed by atoms with Crippen LogP contribution in [0.1, 0.15) is 11.1 Å². The van der Waals surface area contributed by atoms with Crippen molar-refractivity contribution in [3.05, 3.63) is 46.5 Å². The van der Waals surface area contributed by atoms with E-state index in [-0.39, 0.29) is 0 Å². The number of nitrogens with one attached hydrogen (secondary N) is 1. The van der Waals surface area contributed by atoms with Crippen molar-refractivity contribution in [2.24, 2.45) is 0 Å². The van der Waals surface area contributed by atoms with Crippen molar-refractivity contribution < 1.29 is 0 Å². The van der Waals surface area contributed by atoms with Gasteiger partial charge in [0.25, 0.3) is 0 Å². The van der Waals surface area contributed by atoms with Gasteiger partial charge >= 0.3 is 0 Å². The maximum atomic E-state index is 3.65. The lowest BCUT2D eigenvalue weighted by Gasteiger charge is -2.05. The van der Waals surface area contributed by atoms with Crippen LogP contribution in [0.2, 0.25) is 0 Å². The van der Waals surface area contributed by atoms with Gasteiger partial charge in [0.2, 0.25) is 0 Å². The minimum Gasteiger partial charge on any atom is -0.309 e. The van der Waals surface area contributed by atoms with Gasteiger partial charge in [-0.05, 0) is 24.1 Å². The van der Waals surface area contributed by atoms with Crippen molar-refractivity contribution >= 4 is 15.9 Å². The average Bonchev–Trinajstić information content (AvgIpc) is 2.09. The van der Waals surface area contributed by atoms with E-state index in [4.69, 9.17) is 0 Å². The van der Waals surface area contributed by atoms with E-state index in [1.54, 1.807) is 0 Å². The number of aryl methyl sites for hydroxylation is 1. The van der Waals surface area contributed by atoms with Crippen molar-refractivity contribution in [1.29, 1.82) is 0 Å². The molecule has 0 aliphatic carbocycles. The van der Waals surface area contributed by atoms with Gasteiger partial charge in [0.05, 0.1) is 0 Å². The van der Waals surface area contributed by atoms with Crippen LogP contribution in [0.5, 0.6) is 0 Å². The van der Waals surface area contributed by atoms with E-state index in [0.29, 0.717) is 0 Å². The molecule has 1 aromatic carbocycles. The zero-order valence-electron chi connectivity index (χ0n) is 7.81. The Morgan fingerprint density at radius 1 is 1.54 bits per heavy atom. The third-order valence-electron chi connectivity index (χ3n) is 1.81. The van der Waals surface area contributed by atoms with Gasteiger partial charge in [-0.3, -0.25) is 0 Å². The van der Waals surface area contributed by atoms with Gasteiger partial charge in [0.15, 0.2) is 0 Å². The summed E-state index contributed by atoms with van der Waals surface area (Å²) in [7, 11) is 0. The van der Waals surface area contributed by atoms with Crippen molar-refractivity contribution in [3.63, 3.8) is 0 Å². The highest BCUT2D eigenvalue weighted by Gasteiger charge is 1.97. The Kier molecular flexibility index (Phi) is 4.19. The molecule has 0 saturated heterocycles. The molecule has 1 nitrogen and oxygen atoms in total. The second-order valence-electron chi connectivity index (χ2n) is 3.01. The number of halogens is 1. The summed E-state index contributed by atoms with van der Waals surface area (Å²) >= 11 is 3.53. The van der Waals surface area contributed by atoms with Crippen molar-refractivity contribution in [3.8, 4) is 0 Å².